The molecule has 19 nitrogen and oxygen atoms in total. The van der Waals surface area contributed by atoms with Crippen molar-refractivity contribution in [3.63, 3.8) is 0 Å². The summed E-state index contributed by atoms with van der Waals surface area (Å²) in [6.07, 6.45) is -9.14. The highest BCUT2D eigenvalue weighted by Gasteiger charge is 2.32. The van der Waals surface area contributed by atoms with Gasteiger partial charge in [-0.1, -0.05) is 109 Å². The van der Waals surface area contributed by atoms with Gasteiger partial charge in [0.15, 0.2) is 11.5 Å². The quantitative estimate of drug-likeness (QED) is 0.0240. The molecule has 0 saturated carbocycles. The van der Waals surface area contributed by atoms with Gasteiger partial charge in [0.1, 0.15) is 29.4 Å². The monoisotopic (exact) mass is 1520 g/mol. The van der Waals surface area contributed by atoms with Crippen molar-refractivity contribution >= 4 is 178 Å². The SMILES string of the molecule is O=C(Nc1ccccc1)c1cc2ccc3c4ccccc4[nH]c3c2c(N=Nc2ccc(N(c3ccc(N=Nc4c(O)c(CONc5ccc(C(F)(F)F)cc5)cc5ccc6c7ccccc7[nH]c6c45)cc3)c3ccc(N=Nc4c(O)c(C(=O)Nc5ccc(C(F)(F)F)cc5)cc5ccc6c7ccccc7[nH]c6c45)cc3)cc2)c1O. The number of para-hydroxylation sites is 4. The van der Waals surface area contributed by atoms with Gasteiger partial charge >= 0.3 is 12.4 Å². The van der Waals surface area contributed by atoms with Crippen LogP contribution in [0.25, 0.3) is 97.7 Å². The van der Waals surface area contributed by atoms with Gasteiger partial charge in [-0.2, -0.15) is 41.7 Å². The number of halogens is 6. The molecule has 0 aliphatic rings. The molecule has 0 aliphatic carbocycles. The summed E-state index contributed by atoms with van der Waals surface area (Å²) in [7, 11) is 0. The zero-order valence-corrected chi connectivity index (χ0v) is 59.2. The van der Waals surface area contributed by atoms with E-state index >= 15 is 0 Å². The van der Waals surface area contributed by atoms with Crippen molar-refractivity contribution in [2.45, 2.75) is 19.0 Å². The fourth-order valence-electron chi connectivity index (χ4n) is 14.5. The number of aromatic nitrogens is 3. The highest BCUT2D eigenvalue weighted by atomic mass is 19.4. The molecular formula is C89H57F6N13O6. The number of hydrogen-bond donors (Lipinski definition) is 9. The predicted molar refractivity (Wildman–Crippen MR) is 432 cm³/mol. The lowest BCUT2D eigenvalue weighted by Gasteiger charge is -2.25. The second-order valence-corrected chi connectivity index (χ2v) is 27.0. The molecule has 25 heteroatoms. The van der Waals surface area contributed by atoms with E-state index < -0.39 is 46.8 Å². The maximum Gasteiger partial charge on any atom is 0.416 e. The molecule has 0 aliphatic heterocycles. The number of fused-ring (bicyclic) bond motifs is 15. The number of aromatic amines is 3. The number of hydrogen-bond acceptors (Lipinski definition) is 14. The Morgan fingerprint density at radius 1 is 0.360 bits per heavy atom. The number of aromatic hydroxyl groups is 3. The fourth-order valence-corrected chi connectivity index (χ4v) is 14.5. The molecule has 9 N–H and O–H groups in total. The molecule has 0 spiro atoms. The number of phenolic OH excluding ortho intramolecular Hbond substituents is 3. The molecule has 556 valence electrons. The Hall–Kier alpha value is -15.2. The molecule has 0 fully saturated rings. The number of anilines is 6. The van der Waals surface area contributed by atoms with Gasteiger partial charge in [-0.3, -0.25) is 19.9 Å². The first-order chi connectivity index (χ1) is 55.3. The van der Waals surface area contributed by atoms with E-state index in [9.17, 15) is 51.3 Å². The third-order valence-electron chi connectivity index (χ3n) is 20.0. The van der Waals surface area contributed by atoms with Gasteiger partial charge in [0.05, 0.1) is 61.6 Å². The van der Waals surface area contributed by atoms with E-state index in [0.717, 1.165) is 85.3 Å². The lowest BCUT2D eigenvalue weighted by Crippen LogP contribution is -2.13. The maximum absolute atomic E-state index is 14.1. The molecule has 3 aromatic heterocycles. The van der Waals surface area contributed by atoms with Crippen LogP contribution in [0.5, 0.6) is 17.2 Å². The number of nitrogens with one attached hydrogen (secondary N) is 6. The Morgan fingerprint density at radius 2 is 0.702 bits per heavy atom. The third-order valence-corrected chi connectivity index (χ3v) is 20.0. The first-order valence-electron chi connectivity index (χ1n) is 35.6. The van der Waals surface area contributed by atoms with E-state index in [4.69, 9.17) is 25.3 Å². The van der Waals surface area contributed by atoms with Gasteiger partial charge in [0.2, 0.25) is 0 Å². The molecule has 114 heavy (non-hydrogen) atoms. The number of carbonyl (C=O) groups is 2. The minimum absolute atomic E-state index is 0.0262. The zero-order chi connectivity index (χ0) is 78.1. The third kappa shape index (κ3) is 13.1. The van der Waals surface area contributed by atoms with Crippen LogP contribution in [-0.2, 0) is 23.8 Å². The summed E-state index contributed by atoms with van der Waals surface area (Å²) in [6, 6.07) is 77.8. The number of H-pyrrole nitrogens is 3. The second-order valence-electron chi connectivity index (χ2n) is 27.0. The van der Waals surface area contributed by atoms with Crippen LogP contribution in [0.4, 0.5) is 94.6 Å². The molecule has 0 radical (unpaired) electrons. The van der Waals surface area contributed by atoms with E-state index in [2.05, 4.69) is 41.3 Å². The van der Waals surface area contributed by atoms with E-state index in [-0.39, 0.29) is 51.9 Å². The average Bonchev–Trinajstić information content (AvgIpc) is 1.48. The van der Waals surface area contributed by atoms with Crippen LogP contribution < -0.4 is 21.0 Å². The van der Waals surface area contributed by atoms with Crippen LogP contribution >= 0.6 is 0 Å². The Morgan fingerprint density at radius 3 is 1.09 bits per heavy atom. The molecular weight excluding hydrogens is 1460 g/mol. The normalized spacial score (nSPS) is 12.3. The molecule has 2 amide bonds. The van der Waals surface area contributed by atoms with Crippen molar-refractivity contribution in [3.05, 3.63) is 307 Å². The molecule has 0 unspecified atom stereocenters. The Kier molecular flexibility index (Phi) is 17.5. The van der Waals surface area contributed by atoms with Crippen LogP contribution in [0.15, 0.2) is 310 Å². The van der Waals surface area contributed by atoms with Gasteiger partial charge < -0.3 is 45.8 Å². The topological polar surface area (TPSA) is 265 Å². The van der Waals surface area contributed by atoms with Crippen LogP contribution in [0, 0.1) is 0 Å². The Labute approximate surface area is 640 Å². The minimum Gasteiger partial charge on any atom is -0.505 e. The second kappa shape index (κ2) is 28.3. The number of carbonyl (C=O) groups excluding carboxylic acids is 2. The number of azo groups is 3. The highest BCUT2D eigenvalue weighted by Crippen LogP contribution is 2.49. The summed E-state index contributed by atoms with van der Waals surface area (Å²) >= 11 is 0. The zero-order valence-electron chi connectivity index (χ0n) is 59.2. The predicted octanol–water partition coefficient (Wildman–Crippen LogP) is 26.0. The maximum atomic E-state index is 14.1. The van der Waals surface area contributed by atoms with Crippen molar-refractivity contribution in [1.82, 2.24) is 15.0 Å². The molecule has 0 saturated heterocycles. The van der Waals surface area contributed by atoms with Crippen LogP contribution in [-0.4, -0.2) is 42.1 Å². The van der Waals surface area contributed by atoms with Crippen molar-refractivity contribution in [3.8, 4) is 17.2 Å². The van der Waals surface area contributed by atoms with Gasteiger partial charge in [-0.05, 0) is 186 Å². The van der Waals surface area contributed by atoms with E-state index in [1.54, 1.807) is 91.0 Å². The summed E-state index contributed by atoms with van der Waals surface area (Å²) in [5.74, 6) is -2.58. The summed E-state index contributed by atoms with van der Waals surface area (Å²) in [4.78, 5) is 46.3. The molecule has 3 heterocycles. The number of benzene rings is 15. The fraction of sp³-hybridized carbons (Fsp3) is 0.0337. The molecule has 0 bridgehead atoms. The van der Waals surface area contributed by atoms with E-state index in [1.807, 2.05) is 138 Å². The molecule has 15 aromatic carbocycles. The Balaban J connectivity index is 0.713. The minimum atomic E-state index is -4.61. The van der Waals surface area contributed by atoms with Crippen molar-refractivity contribution in [2.24, 2.45) is 30.7 Å². The highest BCUT2D eigenvalue weighted by molar-refractivity contribution is 6.25. The first-order valence-corrected chi connectivity index (χ1v) is 35.6. The van der Waals surface area contributed by atoms with Gasteiger partial charge in [0.25, 0.3) is 11.8 Å². The number of nitrogens with zero attached hydrogens (tertiary/aromatic N) is 7. The van der Waals surface area contributed by atoms with Crippen molar-refractivity contribution in [2.75, 3.05) is 21.0 Å². The van der Waals surface area contributed by atoms with Crippen molar-refractivity contribution < 1.29 is 56.1 Å². The summed E-state index contributed by atoms with van der Waals surface area (Å²) in [5, 5.41) is 79.0. The van der Waals surface area contributed by atoms with Crippen molar-refractivity contribution in [1.29, 1.82) is 0 Å². The molecule has 18 rings (SSSR count). The first kappa shape index (κ1) is 70.4. The molecule has 18 aromatic rings. The van der Waals surface area contributed by atoms with Crippen LogP contribution in [0.3, 0.4) is 0 Å². The summed E-state index contributed by atoms with van der Waals surface area (Å²) in [6.45, 7) is -0.240. The number of rotatable bonds is 17. The lowest BCUT2D eigenvalue weighted by molar-refractivity contribution is -0.138. The largest absolute Gasteiger partial charge is 0.505 e. The van der Waals surface area contributed by atoms with Crippen LogP contribution in [0.1, 0.15) is 37.4 Å². The summed E-state index contributed by atoms with van der Waals surface area (Å²) in [5.41, 5.74) is 9.23. The summed E-state index contributed by atoms with van der Waals surface area (Å²) < 4.78 is 80.8. The van der Waals surface area contributed by atoms with E-state index in [0.29, 0.717) is 94.2 Å². The lowest BCUT2D eigenvalue weighted by atomic mass is 10.00. The van der Waals surface area contributed by atoms with Gasteiger partial charge in [0, 0.05) is 99.0 Å². The number of alkyl halides is 6. The van der Waals surface area contributed by atoms with Crippen LogP contribution in [0.2, 0.25) is 0 Å². The number of phenols is 3. The molecule has 0 atom stereocenters. The van der Waals surface area contributed by atoms with E-state index in [1.165, 1.54) is 18.2 Å². The average molecular weight is 1520 g/mol. The van der Waals surface area contributed by atoms with Gasteiger partial charge in [-0.15, -0.1) is 15.3 Å². The van der Waals surface area contributed by atoms with Gasteiger partial charge in [-0.25, -0.2) is 0 Å². The smallest absolute Gasteiger partial charge is 0.416 e. The standard InChI is InChI=1S/C89H57F6N13O6/c90-88(91,92)52-21-25-55(26-22-52)97-87(113)70-46-50-20-43-68-65-14-6-9-17-73(65)100-79(68)76(50)82(85(70)111)106-103-58-33-39-62(40-34-58)108(61-37-31-57(32-38-61)102-105-81-75-49(19-42-67-64-13-5-8-16-72(64)99-78(67)75)45-69(84(81)110)86(112)96-54-10-2-1-3-11-54)60-35-29-56(30-36-60)101-104-80-74-48(18-41-66-63-12-4-7-15-71(63)98-77(66)74)44-51(83(80)109)47-114-107-59-27-23-53(24-28-59)89(93,94)95/h1-46,98-100,107,109-111H,47H2,(H,96,112)(H,97,113). The Bertz CT molecular complexity index is 6990. The number of amides is 2.